The average Bonchev–Trinajstić information content (AvgIpc) is 2.54. The lowest BCUT2D eigenvalue weighted by Gasteiger charge is -2.18. The molecule has 1 aliphatic heterocycles. The van der Waals surface area contributed by atoms with Gasteiger partial charge in [0.1, 0.15) is 10.7 Å². The third-order valence-corrected chi connectivity index (χ3v) is 4.45. The first-order valence-electron chi connectivity index (χ1n) is 5.37. The highest BCUT2D eigenvalue weighted by molar-refractivity contribution is 7.89. The van der Waals surface area contributed by atoms with E-state index < -0.39 is 15.8 Å². The van der Waals surface area contributed by atoms with Crippen molar-refractivity contribution in [3.63, 3.8) is 0 Å². The lowest BCUT2D eigenvalue weighted by molar-refractivity contribution is -0.120. The topological polar surface area (TPSA) is 79.4 Å². The molecular weight excluding hydrogens is 261 g/mol. The van der Waals surface area contributed by atoms with E-state index in [-0.39, 0.29) is 36.9 Å². The summed E-state index contributed by atoms with van der Waals surface area (Å²) in [4.78, 5) is 14.5. The summed E-state index contributed by atoms with van der Waals surface area (Å²) in [6, 6.07) is 0.919. The minimum Gasteiger partial charge on any atom is -0.355 e. The Morgan fingerprint density at radius 1 is 1.33 bits per heavy atom. The smallest absolute Gasteiger partial charge is 0.244 e. The Labute approximate surface area is 104 Å². The molecule has 1 aromatic heterocycles. The molecule has 0 atom stereocenters. The van der Waals surface area contributed by atoms with Crippen molar-refractivity contribution < 1.29 is 17.6 Å². The van der Waals surface area contributed by atoms with Crippen molar-refractivity contribution >= 4 is 15.9 Å². The van der Waals surface area contributed by atoms with Gasteiger partial charge in [-0.2, -0.15) is 4.31 Å². The number of pyridine rings is 1. The van der Waals surface area contributed by atoms with Crippen LogP contribution in [0.4, 0.5) is 4.39 Å². The molecule has 1 saturated heterocycles. The Balaban J connectivity index is 2.28. The van der Waals surface area contributed by atoms with Crippen LogP contribution in [0.3, 0.4) is 0 Å². The molecule has 0 spiro atoms. The van der Waals surface area contributed by atoms with Crippen molar-refractivity contribution in [3.8, 4) is 0 Å². The number of carbonyl (C=O) groups is 1. The monoisotopic (exact) mass is 273 g/mol. The first-order valence-corrected chi connectivity index (χ1v) is 6.81. The van der Waals surface area contributed by atoms with Crippen LogP contribution < -0.4 is 5.32 Å². The van der Waals surface area contributed by atoms with E-state index in [1.807, 2.05) is 0 Å². The highest BCUT2D eigenvalue weighted by Gasteiger charge is 2.27. The van der Waals surface area contributed by atoms with Crippen LogP contribution in [0, 0.1) is 5.82 Å². The third-order valence-electron chi connectivity index (χ3n) is 2.59. The minimum atomic E-state index is -3.79. The predicted octanol–water partition coefficient (Wildman–Crippen LogP) is -0.269. The van der Waals surface area contributed by atoms with Gasteiger partial charge in [-0.3, -0.25) is 9.78 Å². The summed E-state index contributed by atoms with van der Waals surface area (Å²) in [5.41, 5.74) is 0. The third kappa shape index (κ3) is 2.65. The number of halogens is 1. The molecule has 6 nitrogen and oxygen atoms in total. The van der Waals surface area contributed by atoms with Crippen LogP contribution in [-0.4, -0.2) is 43.2 Å². The van der Waals surface area contributed by atoms with E-state index >= 15 is 0 Å². The van der Waals surface area contributed by atoms with Gasteiger partial charge in [-0.25, -0.2) is 12.8 Å². The van der Waals surface area contributed by atoms with Gasteiger partial charge in [-0.15, -0.1) is 0 Å². The van der Waals surface area contributed by atoms with E-state index in [1.165, 1.54) is 0 Å². The standard InChI is InChI=1S/C10H12FN3O3S/c11-8-5-9(7-12-6-8)18(16,17)14-3-1-10(15)13-2-4-14/h5-7H,1-4H2,(H,13,15). The van der Waals surface area contributed by atoms with Crippen LogP contribution in [0.25, 0.3) is 0 Å². The van der Waals surface area contributed by atoms with Gasteiger partial charge in [-0.05, 0) is 6.07 Å². The zero-order chi connectivity index (χ0) is 13.2. The Kier molecular flexibility index (Phi) is 3.58. The van der Waals surface area contributed by atoms with Gasteiger partial charge >= 0.3 is 0 Å². The van der Waals surface area contributed by atoms with Crippen LogP contribution in [-0.2, 0) is 14.8 Å². The van der Waals surface area contributed by atoms with Gasteiger partial charge in [-0.1, -0.05) is 0 Å². The van der Waals surface area contributed by atoms with E-state index in [0.717, 1.165) is 22.8 Å². The first kappa shape index (κ1) is 12.9. The lowest BCUT2D eigenvalue weighted by atomic mass is 10.4. The SMILES string of the molecule is O=C1CCN(S(=O)(=O)c2cncc(F)c2)CCN1. The molecule has 2 heterocycles. The summed E-state index contributed by atoms with van der Waals surface area (Å²) in [6.45, 7) is 0.510. The quantitative estimate of drug-likeness (QED) is 0.804. The van der Waals surface area contributed by atoms with Crippen molar-refractivity contribution in [2.75, 3.05) is 19.6 Å². The second kappa shape index (κ2) is 4.99. The summed E-state index contributed by atoms with van der Waals surface area (Å²) < 4.78 is 38.5. The average molecular weight is 273 g/mol. The normalized spacial score (nSPS) is 18.2. The molecule has 1 amide bonds. The van der Waals surface area contributed by atoms with Crippen LogP contribution in [0.1, 0.15) is 6.42 Å². The number of sulfonamides is 1. The summed E-state index contributed by atoms with van der Waals surface area (Å²) in [5, 5.41) is 2.57. The number of amides is 1. The van der Waals surface area contributed by atoms with Gasteiger partial charge in [0.05, 0.1) is 6.20 Å². The minimum absolute atomic E-state index is 0.0880. The van der Waals surface area contributed by atoms with Gasteiger partial charge in [0, 0.05) is 32.3 Å². The highest BCUT2D eigenvalue weighted by atomic mass is 32.2. The highest BCUT2D eigenvalue weighted by Crippen LogP contribution is 2.16. The fourth-order valence-corrected chi connectivity index (χ4v) is 3.09. The Morgan fingerprint density at radius 2 is 2.11 bits per heavy atom. The summed E-state index contributed by atoms with van der Waals surface area (Å²) >= 11 is 0. The van der Waals surface area contributed by atoms with Crippen molar-refractivity contribution in [2.24, 2.45) is 0 Å². The second-order valence-electron chi connectivity index (χ2n) is 3.84. The number of hydrogen-bond acceptors (Lipinski definition) is 4. The molecule has 0 saturated carbocycles. The number of nitrogens with zero attached hydrogens (tertiary/aromatic N) is 2. The maximum absolute atomic E-state index is 13.0. The Bertz CT molecular complexity index is 561. The number of carbonyl (C=O) groups excluding carboxylic acids is 1. The van der Waals surface area contributed by atoms with Crippen molar-refractivity contribution in [1.82, 2.24) is 14.6 Å². The number of nitrogens with one attached hydrogen (secondary N) is 1. The molecule has 1 N–H and O–H groups in total. The summed E-state index contributed by atoms with van der Waals surface area (Å²) in [5.74, 6) is -0.898. The molecule has 0 unspecified atom stereocenters. The molecule has 0 aliphatic carbocycles. The fourth-order valence-electron chi connectivity index (χ4n) is 1.67. The predicted molar refractivity (Wildman–Crippen MR) is 60.6 cm³/mol. The first-order chi connectivity index (χ1) is 8.50. The van der Waals surface area contributed by atoms with E-state index in [1.54, 1.807) is 0 Å². The molecule has 1 aromatic rings. The molecule has 98 valence electrons. The van der Waals surface area contributed by atoms with Crippen LogP contribution >= 0.6 is 0 Å². The lowest BCUT2D eigenvalue weighted by Crippen LogP contribution is -2.34. The zero-order valence-electron chi connectivity index (χ0n) is 9.47. The van der Waals surface area contributed by atoms with Crippen molar-refractivity contribution in [2.45, 2.75) is 11.3 Å². The maximum atomic E-state index is 13.0. The molecule has 18 heavy (non-hydrogen) atoms. The molecule has 1 aliphatic rings. The molecule has 2 rings (SSSR count). The van der Waals surface area contributed by atoms with Gasteiger partial charge in [0.15, 0.2) is 0 Å². The molecular formula is C10H12FN3O3S. The molecule has 8 heteroatoms. The van der Waals surface area contributed by atoms with E-state index in [9.17, 15) is 17.6 Å². The Morgan fingerprint density at radius 3 is 2.83 bits per heavy atom. The van der Waals surface area contributed by atoms with Gasteiger partial charge in [0.25, 0.3) is 0 Å². The number of hydrogen-bond donors (Lipinski definition) is 1. The van der Waals surface area contributed by atoms with E-state index in [0.29, 0.717) is 0 Å². The number of aromatic nitrogens is 1. The van der Waals surface area contributed by atoms with Crippen molar-refractivity contribution in [3.05, 3.63) is 24.3 Å². The van der Waals surface area contributed by atoms with Crippen LogP contribution in [0.2, 0.25) is 0 Å². The molecule has 0 bridgehead atoms. The maximum Gasteiger partial charge on any atom is 0.244 e. The summed E-state index contributed by atoms with van der Waals surface area (Å²) in [7, 11) is -3.79. The molecule has 0 aromatic carbocycles. The van der Waals surface area contributed by atoms with Crippen molar-refractivity contribution in [1.29, 1.82) is 0 Å². The number of rotatable bonds is 2. The van der Waals surface area contributed by atoms with E-state index in [2.05, 4.69) is 10.3 Å². The van der Waals surface area contributed by atoms with E-state index in [4.69, 9.17) is 0 Å². The fraction of sp³-hybridized carbons (Fsp3) is 0.400. The van der Waals surface area contributed by atoms with Gasteiger partial charge < -0.3 is 5.32 Å². The molecule has 1 fully saturated rings. The second-order valence-corrected chi connectivity index (χ2v) is 5.78. The summed E-state index contributed by atoms with van der Waals surface area (Å²) in [6.07, 6.45) is 2.13. The Hall–Kier alpha value is -1.54. The van der Waals surface area contributed by atoms with Crippen LogP contribution in [0.5, 0.6) is 0 Å². The zero-order valence-corrected chi connectivity index (χ0v) is 10.3. The molecule has 0 radical (unpaired) electrons. The largest absolute Gasteiger partial charge is 0.355 e. The van der Waals surface area contributed by atoms with Gasteiger partial charge in [0.2, 0.25) is 15.9 Å². The van der Waals surface area contributed by atoms with Crippen LogP contribution in [0.15, 0.2) is 23.4 Å².